The molecular weight excluding hydrogens is 394 g/mol. The van der Waals surface area contributed by atoms with E-state index in [9.17, 15) is 4.79 Å². The summed E-state index contributed by atoms with van der Waals surface area (Å²) in [6.45, 7) is 0.657. The highest BCUT2D eigenvalue weighted by atomic mass is 28.4. The van der Waals surface area contributed by atoms with Crippen molar-refractivity contribution in [3.05, 3.63) is 0 Å². The molecule has 0 saturated carbocycles. The van der Waals surface area contributed by atoms with Gasteiger partial charge in [-0.05, 0) is 12.8 Å². The lowest BCUT2D eigenvalue weighted by Crippen LogP contribution is -2.42. The third-order valence-corrected chi connectivity index (χ3v) is 8.83. The van der Waals surface area contributed by atoms with Gasteiger partial charge in [0, 0.05) is 27.4 Å². The molecule has 0 bridgehead atoms. The predicted octanol–water partition coefficient (Wildman–Crippen LogP) is 7.22. The van der Waals surface area contributed by atoms with E-state index in [0.717, 1.165) is 18.9 Å². The Morgan fingerprint density at radius 3 is 1.13 bits per heavy atom. The first-order chi connectivity index (χ1) is 14.7. The summed E-state index contributed by atoms with van der Waals surface area (Å²) >= 11 is 0. The summed E-state index contributed by atoms with van der Waals surface area (Å²) in [5, 5.41) is 0. The Kier molecular flexibility index (Phi) is 22.7. The van der Waals surface area contributed by atoms with E-state index in [0.29, 0.717) is 6.54 Å². The van der Waals surface area contributed by atoms with Crippen molar-refractivity contribution in [3.63, 3.8) is 0 Å². The Morgan fingerprint density at radius 2 is 0.833 bits per heavy atom. The van der Waals surface area contributed by atoms with Crippen molar-refractivity contribution < 1.29 is 18.1 Å². The summed E-state index contributed by atoms with van der Waals surface area (Å²) in [5.74, 6) is 0. The van der Waals surface area contributed by atoms with Crippen LogP contribution in [0.3, 0.4) is 0 Å². The second-order valence-electron chi connectivity index (χ2n) is 8.38. The average Bonchev–Trinajstić information content (AvgIpc) is 2.78. The lowest BCUT2D eigenvalue weighted by Gasteiger charge is -2.24. The standard InChI is InChI=1S/C24H49NO4Si/c1-27-30(28-2,29-3)23-21-19-17-15-13-11-9-7-5-4-6-8-10-12-14-16-18-20-22-25-24-26/h4-23H2,1-3H3. The number of rotatable bonds is 24. The van der Waals surface area contributed by atoms with Gasteiger partial charge in [-0.15, -0.1) is 0 Å². The zero-order valence-corrected chi connectivity index (χ0v) is 21.2. The molecule has 6 heteroatoms. The van der Waals surface area contributed by atoms with Gasteiger partial charge in [-0.3, -0.25) is 0 Å². The molecule has 0 saturated heterocycles. The van der Waals surface area contributed by atoms with Crippen molar-refractivity contribution in [2.75, 3.05) is 27.9 Å². The highest BCUT2D eigenvalue weighted by Gasteiger charge is 2.36. The SMILES string of the molecule is CO[Si](CCCCCCCCCCCCCCCCCCCCN=C=O)(OC)OC. The number of hydrogen-bond acceptors (Lipinski definition) is 5. The molecule has 0 atom stereocenters. The fraction of sp³-hybridized carbons (Fsp3) is 0.958. The summed E-state index contributed by atoms with van der Waals surface area (Å²) in [4.78, 5) is 13.5. The highest BCUT2D eigenvalue weighted by Crippen LogP contribution is 2.19. The van der Waals surface area contributed by atoms with Gasteiger partial charge in [0.25, 0.3) is 0 Å². The van der Waals surface area contributed by atoms with Gasteiger partial charge < -0.3 is 13.3 Å². The molecule has 0 aliphatic rings. The van der Waals surface area contributed by atoms with Crippen molar-refractivity contribution in [1.29, 1.82) is 0 Å². The Balaban J connectivity index is 3.19. The lowest BCUT2D eigenvalue weighted by atomic mass is 10.0. The van der Waals surface area contributed by atoms with Crippen molar-refractivity contribution in [3.8, 4) is 0 Å². The Bertz CT molecular complexity index is 390. The van der Waals surface area contributed by atoms with Gasteiger partial charge in [0.1, 0.15) is 0 Å². The van der Waals surface area contributed by atoms with Gasteiger partial charge in [0.15, 0.2) is 0 Å². The number of nitrogens with zero attached hydrogens (tertiary/aromatic N) is 1. The monoisotopic (exact) mass is 443 g/mol. The van der Waals surface area contributed by atoms with Crippen LogP contribution in [0, 0.1) is 0 Å². The molecule has 0 unspecified atom stereocenters. The van der Waals surface area contributed by atoms with Crippen LogP contribution in [0.4, 0.5) is 0 Å². The zero-order chi connectivity index (χ0) is 22.2. The van der Waals surface area contributed by atoms with Crippen LogP contribution in [0.15, 0.2) is 4.99 Å². The Hall–Kier alpha value is -0.523. The van der Waals surface area contributed by atoms with Crippen LogP contribution in [0.25, 0.3) is 0 Å². The lowest BCUT2D eigenvalue weighted by molar-refractivity contribution is 0.122. The van der Waals surface area contributed by atoms with E-state index < -0.39 is 8.80 Å². The van der Waals surface area contributed by atoms with E-state index in [1.54, 1.807) is 27.4 Å². The van der Waals surface area contributed by atoms with Crippen LogP contribution in [0.1, 0.15) is 116 Å². The van der Waals surface area contributed by atoms with Crippen LogP contribution in [0.2, 0.25) is 6.04 Å². The van der Waals surface area contributed by atoms with Crippen LogP contribution in [0.5, 0.6) is 0 Å². The Labute approximate surface area is 187 Å². The molecule has 30 heavy (non-hydrogen) atoms. The van der Waals surface area contributed by atoms with E-state index >= 15 is 0 Å². The highest BCUT2D eigenvalue weighted by molar-refractivity contribution is 6.60. The molecule has 5 nitrogen and oxygen atoms in total. The van der Waals surface area contributed by atoms with Gasteiger partial charge >= 0.3 is 8.80 Å². The molecule has 0 aliphatic heterocycles. The zero-order valence-electron chi connectivity index (χ0n) is 20.2. The van der Waals surface area contributed by atoms with Crippen molar-refractivity contribution in [1.82, 2.24) is 0 Å². The van der Waals surface area contributed by atoms with E-state index in [2.05, 4.69) is 4.99 Å². The topological polar surface area (TPSA) is 57.1 Å². The molecule has 0 spiro atoms. The third-order valence-electron chi connectivity index (χ3n) is 6.00. The predicted molar refractivity (Wildman–Crippen MR) is 128 cm³/mol. The summed E-state index contributed by atoms with van der Waals surface area (Å²) in [6.07, 6.45) is 25.5. The maximum Gasteiger partial charge on any atom is 0.500 e. The maximum atomic E-state index is 9.95. The van der Waals surface area contributed by atoms with Crippen molar-refractivity contribution in [2.24, 2.45) is 4.99 Å². The molecule has 0 N–H and O–H groups in total. The fourth-order valence-electron chi connectivity index (χ4n) is 3.96. The minimum atomic E-state index is -2.35. The first-order valence-electron chi connectivity index (χ1n) is 12.4. The van der Waals surface area contributed by atoms with Crippen molar-refractivity contribution >= 4 is 14.9 Å². The van der Waals surface area contributed by atoms with Crippen molar-refractivity contribution in [2.45, 2.75) is 122 Å². The van der Waals surface area contributed by atoms with E-state index in [4.69, 9.17) is 13.3 Å². The molecule has 178 valence electrons. The normalized spacial score (nSPS) is 11.6. The number of hydrogen-bond donors (Lipinski definition) is 0. The molecule has 0 radical (unpaired) electrons. The third kappa shape index (κ3) is 18.3. The van der Waals surface area contributed by atoms with Gasteiger partial charge in [0.05, 0.1) is 6.54 Å². The molecule has 0 amide bonds. The quantitative estimate of drug-likeness (QED) is 0.0683. The van der Waals surface area contributed by atoms with E-state index in [1.165, 1.54) is 103 Å². The molecule has 0 aliphatic carbocycles. The summed E-state index contributed by atoms with van der Waals surface area (Å²) in [6, 6.07) is 0.925. The molecule has 0 fully saturated rings. The van der Waals surface area contributed by atoms with Crippen LogP contribution < -0.4 is 0 Å². The fourth-order valence-corrected chi connectivity index (χ4v) is 5.76. The van der Waals surface area contributed by atoms with Gasteiger partial charge in [-0.1, -0.05) is 103 Å². The van der Waals surface area contributed by atoms with Gasteiger partial charge in [-0.2, -0.15) is 0 Å². The second kappa shape index (κ2) is 23.1. The number of unbranched alkanes of at least 4 members (excludes halogenated alkanes) is 17. The molecule has 0 aromatic rings. The minimum Gasteiger partial charge on any atom is -0.377 e. The second-order valence-corrected chi connectivity index (χ2v) is 11.5. The van der Waals surface area contributed by atoms with Gasteiger partial charge in [0.2, 0.25) is 6.08 Å². The number of aliphatic imine (C=N–C) groups is 1. The van der Waals surface area contributed by atoms with Crippen LogP contribution >= 0.6 is 0 Å². The molecule has 0 aromatic heterocycles. The smallest absolute Gasteiger partial charge is 0.377 e. The van der Waals surface area contributed by atoms with Crippen LogP contribution in [-0.4, -0.2) is 42.8 Å². The first-order valence-corrected chi connectivity index (χ1v) is 14.4. The van der Waals surface area contributed by atoms with E-state index in [-0.39, 0.29) is 0 Å². The van der Waals surface area contributed by atoms with Crippen LogP contribution in [-0.2, 0) is 18.1 Å². The minimum absolute atomic E-state index is 0.657. The average molecular weight is 444 g/mol. The molecule has 0 aromatic carbocycles. The summed E-state index contributed by atoms with van der Waals surface area (Å²) < 4.78 is 16.4. The molecular formula is C24H49NO4Si. The van der Waals surface area contributed by atoms with Gasteiger partial charge in [-0.25, -0.2) is 9.79 Å². The number of isocyanates is 1. The number of carbonyl (C=O) groups excluding carboxylic acids is 1. The largest absolute Gasteiger partial charge is 0.500 e. The summed E-state index contributed by atoms with van der Waals surface area (Å²) in [7, 11) is 2.73. The maximum absolute atomic E-state index is 9.95. The molecule has 0 heterocycles. The first kappa shape index (κ1) is 29.5. The summed E-state index contributed by atoms with van der Waals surface area (Å²) in [5.41, 5.74) is 0. The van der Waals surface area contributed by atoms with E-state index in [1.807, 2.05) is 0 Å². The molecule has 0 rings (SSSR count). The Morgan fingerprint density at radius 1 is 0.533 bits per heavy atom.